The van der Waals surface area contributed by atoms with E-state index in [4.69, 9.17) is 0 Å². The second-order valence-corrected chi connectivity index (χ2v) is 4.13. The Labute approximate surface area is 66.6 Å². The minimum atomic E-state index is 0.322. The molecule has 1 nitrogen and oxygen atoms in total. The van der Waals surface area contributed by atoms with Gasteiger partial charge in [0.2, 0.25) is 0 Å². The van der Waals surface area contributed by atoms with Crippen molar-refractivity contribution in [2.45, 2.75) is 37.9 Å². The molecule has 1 aliphatic heterocycles. The Morgan fingerprint density at radius 1 is 1.40 bits per heavy atom. The molecule has 0 aromatic carbocycles. The topological polar surface area (TPSA) is 17.1 Å². The van der Waals surface area contributed by atoms with Gasteiger partial charge in [-0.15, -0.1) is 0 Å². The summed E-state index contributed by atoms with van der Waals surface area (Å²) in [5, 5.41) is 0.322. The maximum absolute atomic E-state index is 10.9. The highest BCUT2D eigenvalue weighted by molar-refractivity contribution is 8.00. The number of carbonyl (C=O) groups excluding carboxylic acids is 1. The van der Waals surface area contributed by atoms with Gasteiger partial charge in [0, 0.05) is 0 Å². The minimum Gasteiger partial charge on any atom is -0.299 e. The van der Waals surface area contributed by atoms with E-state index in [0.717, 1.165) is 6.42 Å². The summed E-state index contributed by atoms with van der Waals surface area (Å²) in [6.45, 7) is 1.71. The largest absolute Gasteiger partial charge is 0.299 e. The molecule has 58 valence electrons. The summed E-state index contributed by atoms with van der Waals surface area (Å²) in [5.41, 5.74) is 0. The third-order valence-corrected chi connectivity index (χ3v) is 3.38. The van der Waals surface area contributed by atoms with E-state index in [0.29, 0.717) is 11.0 Å². The molecule has 0 amide bonds. The van der Waals surface area contributed by atoms with E-state index in [1.165, 1.54) is 25.0 Å². The third kappa shape index (κ3) is 2.33. The van der Waals surface area contributed by atoms with Crippen molar-refractivity contribution in [2.24, 2.45) is 0 Å². The predicted molar refractivity (Wildman–Crippen MR) is 45.4 cm³/mol. The number of hydrogen-bond acceptors (Lipinski definition) is 2. The molecule has 1 heterocycles. The van der Waals surface area contributed by atoms with Crippen LogP contribution in [0.15, 0.2) is 0 Å². The van der Waals surface area contributed by atoms with Crippen LogP contribution >= 0.6 is 11.8 Å². The zero-order valence-electron chi connectivity index (χ0n) is 6.43. The second kappa shape index (κ2) is 4.02. The molecule has 1 fully saturated rings. The first kappa shape index (κ1) is 8.12. The van der Waals surface area contributed by atoms with E-state index in [9.17, 15) is 4.79 Å². The van der Waals surface area contributed by atoms with Crippen LogP contribution in [0.3, 0.4) is 0 Å². The summed E-state index contributed by atoms with van der Waals surface area (Å²) in [7, 11) is 0. The number of ketones is 1. The summed E-state index contributed by atoms with van der Waals surface area (Å²) in [6.07, 6.45) is 4.97. The number of hydrogen-bond donors (Lipinski definition) is 0. The molecule has 0 aromatic heterocycles. The molecule has 0 spiro atoms. The maximum atomic E-state index is 10.9. The van der Waals surface area contributed by atoms with Crippen LogP contribution < -0.4 is 0 Å². The van der Waals surface area contributed by atoms with Crippen LogP contribution in [-0.2, 0) is 4.79 Å². The molecule has 0 N–H and O–H groups in total. The maximum Gasteiger partial charge on any atom is 0.142 e. The van der Waals surface area contributed by atoms with Crippen LogP contribution in [0.2, 0.25) is 0 Å². The monoisotopic (exact) mass is 158 g/mol. The van der Waals surface area contributed by atoms with Crippen molar-refractivity contribution in [1.29, 1.82) is 0 Å². The molecule has 1 unspecified atom stereocenters. The molecule has 1 rings (SSSR count). The smallest absolute Gasteiger partial charge is 0.142 e. The average molecular weight is 158 g/mol. The first-order valence-corrected chi connectivity index (χ1v) is 4.97. The molecular formula is C8H14OS. The third-order valence-electron chi connectivity index (χ3n) is 1.88. The zero-order valence-corrected chi connectivity index (χ0v) is 7.25. The SMILES string of the molecule is CC(=O)C1CCCCCS1. The van der Waals surface area contributed by atoms with E-state index in [-0.39, 0.29) is 0 Å². The highest BCUT2D eigenvalue weighted by atomic mass is 32.2. The van der Waals surface area contributed by atoms with Gasteiger partial charge in [0.25, 0.3) is 0 Å². The lowest BCUT2D eigenvalue weighted by atomic mass is 10.1. The van der Waals surface area contributed by atoms with E-state index >= 15 is 0 Å². The average Bonchev–Trinajstić information content (AvgIpc) is 2.12. The van der Waals surface area contributed by atoms with Crippen LogP contribution in [0.4, 0.5) is 0 Å². The van der Waals surface area contributed by atoms with Gasteiger partial charge in [-0.25, -0.2) is 0 Å². The highest BCUT2D eigenvalue weighted by Crippen LogP contribution is 2.24. The number of thioether (sulfide) groups is 1. The van der Waals surface area contributed by atoms with E-state index in [1.807, 2.05) is 11.8 Å². The molecule has 1 aliphatic rings. The first-order valence-electron chi connectivity index (χ1n) is 3.93. The molecule has 0 bridgehead atoms. The van der Waals surface area contributed by atoms with Crippen molar-refractivity contribution in [2.75, 3.05) is 5.75 Å². The van der Waals surface area contributed by atoms with E-state index in [1.54, 1.807) is 6.92 Å². The van der Waals surface area contributed by atoms with Gasteiger partial charge in [-0.2, -0.15) is 11.8 Å². The number of rotatable bonds is 1. The lowest BCUT2D eigenvalue weighted by Crippen LogP contribution is -2.12. The van der Waals surface area contributed by atoms with Crippen molar-refractivity contribution in [3.05, 3.63) is 0 Å². The molecule has 0 radical (unpaired) electrons. The Hall–Kier alpha value is 0.0200. The quantitative estimate of drug-likeness (QED) is 0.582. The zero-order chi connectivity index (χ0) is 7.40. The van der Waals surface area contributed by atoms with Gasteiger partial charge in [-0.1, -0.05) is 12.8 Å². The lowest BCUT2D eigenvalue weighted by Gasteiger charge is -2.07. The van der Waals surface area contributed by atoms with Crippen LogP contribution in [0.25, 0.3) is 0 Å². The van der Waals surface area contributed by atoms with Crippen LogP contribution in [0.5, 0.6) is 0 Å². The van der Waals surface area contributed by atoms with Crippen molar-refractivity contribution >= 4 is 17.5 Å². The highest BCUT2D eigenvalue weighted by Gasteiger charge is 2.15. The molecule has 0 aliphatic carbocycles. The van der Waals surface area contributed by atoms with Crippen molar-refractivity contribution in [3.8, 4) is 0 Å². The Bertz CT molecular complexity index is 114. The molecule has 0 saturated carbocycles. The van der Waals surface area contributed by atoms with E-state index in [2.05, 4.69) is 0 Å². The molecule has 1 atom stereocenters. The van der Waals surface area contributed by atoms with Gasteiger partial charge < -0.3 is 0 Å². The van der Waals surface area contributed by atoms with Crippen LogP contribution in [0.1, 0.15) is 32.6 Å². The van der Waals surface area contributed by atoms with Gasteiger partial charge in [0.1, 0.15) is 5.78 Å². The molecular weight excluding hydrogens is 144 g/mol. The van der Waals surface area contributed by atoms with Crippen LogP contribution in [0, 0.1) is 0 Å². The standard InChI is InChI=1S/C8H14OS/c1-7(9)8-5-3-2-4-6-10-8/h8H,2-6H2,1H3. The second-order valence-electron chi connectivity index (χ2n) is 2.82. The summed E-state index contributed by atoms with van der Waals surface area (Å²) < 4.78 is 0. The van der Waals surface area contributed by atoms with Gasteiger partial charge >= 0.3 is 0 Å². The molecule has 2 heteroatoms. The summed E-state index contributed by atoms with van der Waals surface area (Å²) in [5.74, 6) is 1.55. The lowest BCUT2D eigenvalue weighted by molar-refractivity contribution is -0.116. The van der Waals surface area contributed by atoms with Crippen LogP contribution in [-0.4, -0.2) is 16.8 Å². The fourth-order valence-electron chi connectivity index (χ4n) is 1.24. The Morgan fingerprint density at radius 3 is 2.90 bits per heavy atom. The number of Topliss-reactive ketones (excluding diaryl/α,β-unsaturated/α-hetero) is 1. The van der Waals surface area contributed by atoms with Crippen molar-refractivity contribution in [1.82, 2.24) is 0 Å². The van der Waals surface area contributed by atoms with Gasteiger partial charge in [0.15, 0.2) is 0 Å². The fourth-order valence-corrected chi connectivity index (χ4v) is 2.46. The molecule has 0 aromatic rings. The minimum absolute atomic E-state index is 0.322. The van der Waals surface area contributed by atoms with Gasteiger partial charge in [-0.3, -0.25) is 4.79 Å². The van der Waals surface area contributed by atoms with E-state index < -0.39 is 0 Å². The van der Waals surface area contributed by atoms with Gasteiger partial charge in [-0.05, 0) is 25.5 Å². The summed E-state index contributed by atoms with van der Waals surface area (Å²) in [4.78, 5) is 10.9. The van der Waals surface area contributed by atoms with Gasteiger partial charge in [0.05, 0.1) is 5.25 Å². The molecule has 1 saturated heterocycles. The Morgan fingerprint density at radius 2 is 2.20 bits per heavy atom. The van der Waals surface area contributed by atoms with Crippen molar-refractivity contribution in [3.63, 3.8) is 0 Å². The Kier molecular flexibility index (Phi) is 3.26. The fraction of sp³-hybridized carbons (Fsp3) is 0.875. The van der Waals surface area contributed by atoms with Crippen molar-refractivity contribution < 1.29 is 4.79 Å². The predicted octanol–water partition coefficient (Wildman–Crippen LogP) is 2.25. The normalized spacial score (nSPS) is 27.5. The molecule has 10 heavy (non-hydrogen) atoms. The Balaban J connectivity index is 2.35. The first-order chi connectivity index (χ1) is 4.80. The number of carbonyl (C=O) groups is 1. The summed E-state index contributed by atoms with van der Waals surface area (Å²) >= 11 is 1.84. The summed E-state index contributed by atoms with van der Waals surface area (Å²) in [6, 6.07) is 0.